The number of hydrogen-bond donors (Lipinski definition) is 0. The first-order valence-corrected chi connectivity index (χ1v) is 11.8. The highest BCUT2D eigenvalue weighted by molar-refractivity contribution is 6.88. The second-order valence-electron chi connectivity index (χ2n) is 7.46. The van der Waals surface area contributed by atoms with Crippen LogP contribution in [0.4, 0.5) is 0 Å². The summed E-state index contributed by atoms with van der Waals surface area (Å²) in [5.74, 6) is 0. The Kier molecular flexibility index (Phi) is 3.36. The molecule has 0 fully saturated rings. The lowest BCUT2D eigenvalue weighted by Crippen LogP contribution is -2.37. The van der Waals surface area contributed by atoms with Crippen molar-refractivity contribution in [3.8, 4) is 11.3 Å². The summed E-state index contributed by atoms with van der Waals surface area (Å²) in [6.07, 6.45) is 1.86. The molecular weight excluding hydrogens is 310 g/mol. The van der Waals surface area contributed by atoms with Crippen LogP contribution in [-0.4, -0.2) is 13.1 Å². The van der Waals surface area contributed by atoms with Crippen LogP contribution in [-0.2, 0) is 0 Å². The average Bonchev–Trinajstić information content (AvgIpc) is 2.91. The molecule has 2 heterocycles. The molecule has 0 amide bonds. The molecule has 0 atom stereocenters. The minimum absolute atomic E-state index is 0.929. The van der Waals surface area contributed by atoms with Crippen molar-refractivity contribution in [3.63, 3.8) is 0 Å². The summed E-state index contributed by atoms with van der Waals surface area (Å²) in [6.45, 7) is 9.17. The molecule has 0 aliphatic rings. The Morgan fingerprint density at radius 3 is 2.50 bits per heavy atom. The van der Waals surface area contributed by atoms with E-state index in [2.05, 4.69) is 74.0 Å². The smallest absolute Gasteiger partial charge is 0.144 e. The number of hydrogen-bond acceptors (Lipinski definition) is 2. The van der Waals surface area contributed by atoms with E-state index in [0.717, 1.165) is 27.8 Å². The highest BCUT2D eigenvalue weighted by Crippen LogP contribution is 2.35. The molecule has 3 heteroatoms. The van der Waals surface area contributed by atoms with Crippen LogP contribution in [0.3, 0.4) is 0 Å². The number of aryl methyl sites for hydroxylation is 1. The van der Waals surface area contributed by atoms with Crippen LogP contribution in [0.25, 0.3) is 33.2 Å². The van der Waals surface area contributed by atoms with E-state index in [9.17, 15) is 0 Å². The van der Waals surface area contributed by atoms with Crippen molar-refractivity contribution in [3.05, 3.63) is 60.3 Å². The zero-order valence-electron chi connectivity index (χ0n) is 14.6. The SMILES string of the molecule is Cc1ccnc(-c2cccc3c2oc2cc([Si](C)(C)C)ccc23)c1. The number of rotatable bonds is 2. The number of furan rings is 1. The van der Waals surface area contributed by atoms with Crippen molar-refractivity contribution in [2.24, 2.45) is 0 Å². The highest BCUT2D eigenvalue weighted by atomic mass is 28.3. The van der Waals surface area contributed by atoms with E-state index in [1.165, 1.54) is 16.1 Å². The Morgan fingerprint density at radius 1 is 0.917 bits per heavy atom. The summed E-state index contributed by atoms with van der Waals surface area (Å²) in [5, 5.41) is 3.76. The lowest BCUT2D eigenvalue weighted by Gasteiger charge is -2.15. The monoisotopic (exact) mass is 331 g/mol. The van der Waals surface area contributed by atoms with Crippen molar-refractivity contribution in [1.82, 2.24) is 4.98 Å². The lowest BCUT2D eigenvalue weighted by molar-refractivity contribution is 0.670. The van der Waals surface area contributed by atoms with Crippen molar-refractivity contribution < 1.29 is 4.42 Å². The summed E-state index contributed by atoms with van der Waals surface area (Å²) in [4.78, 5) is 4.53. The van der Waals surface area contributed by atoms with Gasteiger partial charge in [-0.1, -0.05) is 49.1 Å². The molecule has 0 unspecified atom stereocenters. The fraction of sp³-hybridized carbons (Fsp3) is 0.190. The fourth-order valence-electron chi connectivity index (χ4n) is 3.15. The van der Waals surface area contributed by atoms with Gasteiger partial charge in [0, 0.05) is 22.5 Å². The Hall–Kier alpha value is -2.39. The van der Waals surface area contributed by atoms with Crippen LogP contribution in [0.2, 0.25) is 19.6 Å². The maximum Gasteiger partial charge on any atom is 0.144 e. The summed E-state index contributed by atoms with van der Waals surface area (Å²) >= 11 is 0. The first-order valence-electron chi connectivity index (χ1n) is 8.32. The number of aromatic nitrogens is 1. The standard InChI is InChI=1S/C21H21NOSi/c1-14-10-11-22-19(12-14)18-7-5-6-17-16-9-8-15(24(2,3)4)13-20(16)23-21(17)18/h5-13H,1-4H3. The predicted molar refractivity (Wildman–Crippen MR) is 105 cm³/mol. The van der Waals surface area contributed by atoms with Gasteiger partial charge >= 0.3 is 0 Å². The van der Waals surface area contributed by atoms with Crippen LogP contribution < -0.4 is 5.19 Å². The van der Waals surface area contributed by atoms with Gasteiger partial charge in [-0.25, -0.2) is 0 Å². The van der Waals surface area contributed by atoms with E-state index in [1.54, 1.807) is 0 Å². The van der Waals surface area contributed by atoms with Gasteiger partial charge in [0.1, 0.15) is 11.2 Å². The minimum Gasteiger partial charge on any atom is -0.455 e. The quantitative estimate of drug-likeness (QED) is 0.453. The number of para-hydroxylation sites is 1. The van der Waals surface area contributed by atoms with Crippen molar-refractivity contribution in [2.45, 2.75) is 26.6 Å². The molecule has 2 aromatic heterocycles. The highest BCUT2D eigenvalue weighted by Gasteiger charge is 2.19. The molecule has 0 N–H and O–H groups in total. The Morgan fingerprint density at radius 2 is 1.75 bits per heavy atom. The van der Waals surface area contributed by atoms with Crippen LogP contribution in [0.15, 0.2) is 59.1 Å². The van der Waals surface area contributed by atoms with E-state index in [4.69, 9.17) is 4.42 Å². The topological polar surface area (TPSA) is 26.0 Å². The molecule has 24 heavy (non-hydrogen) atoms. The number of benzene rings is 2. The lowest BCUT2D eigenvalue weighted by atomic mass is 10.1. The Bertz CT molecular complexity index is 1060. The summed E-state index contributed by atoms with van der Waals surface area (Å²) < 4.78 is 6.30. The zero-order chi connectivity index (χ0) is 16.9. The van der Waals surface area contributed by atoms with Crippen LogP contribution in [0.1, 0.15) is 5.56 Å². The molecule has 4 aromatic rings. The van der Waals surface area contributed by atoms with Crippen LogP contribution in [0.5, 0.6) is 0 Å². The van der Waals surface area contributed by atoms with Gasteiger partial charge in [0.15, 0.2) is 0 Å². The zero-order valence-corrected chi connectivity index (χ0v) is 15.6. The molecule has 0 saturated heterocycles. The summed E-state index contributed by atoms with van der Waals surface area (Å²) in [5.41, 5.74) is 5.13. The first-order chi connectivity index (χ1) is 11.4. The second kappa shape index (κ2) is 5.31. The largest absolute Gasteiger partial charge is 0.455 e. The van der Waals surface area contributed by atoms with Gasteiger partial charge in [0.05, 0.1) is 13.8 Å². The molecule has 0 radical (unpaired) electrons. The third-order valence-corrected chi connectivity index (χ3v) is 6.60. The van der Waals surface area contributed by atoms with E-state index >= 15 is 0 Å². The molecule has 0 saturated carbocycles. The average molecular weight is 331 g/mol. The van der Waals surface area contributed by atoms with Gasteiger partial charge in [-0.2, -0.15) is 0 Å². The Labute approximate surface area is 143 Å². The molecule has 2 aromatic carbocycles. The van der Waals surface area contributed by atoms with Gasteiger partial charge in [-0.05, 0) is 36.8 Å². The minimum atomic E-state index is -1.36. The summed E-state index contributed by atoms with van der Waals surface area (Å²) in [6, 6.07) is 17.1. The Balaban J connectivity index is 2.00. The second-order valence-corrected chi connectivity index (χ2v) is 12.5. The van der Waals surface area contributed by atoms with Gasteiger partial charge < -0.3 is 4.42 Å². The molecule has 0 aliphatic heterocycles. The molecule has 0 aliphatic carbocycles. The number of nitrogens with zero attached hydrogens (tertiary/aromatic N) is 1. The molecule has 0 spiro atoms. The predicted octanol–water partition coefficient (Wildman–Crippen LogP) is 5.50. The number of pyridine rings is 1. The summed E-state index contributed by atoms with van der Waals surface area (Å²) in [7, 11) is -1.36. The van der Waals surface area contributed by atoms with Crippen molar-refractivity contribution in [1.29, 1.82) is 0 Å². The first kappa shape index (κ1) is 15.2. The molecule has 120 valence electrons. The van der Waals surface area contributed by atoms with Gasteiger partial charge in [-0.3, -0.25) is 4.98 Å². The van der Waals surface area contributed by atoms with E-state index in [1.807, 2.05) is 12.3 Å². The maximum absolute atomic E-state index is 6.30. The fourth-order valence-corrected chi connectivity index (χ4v) is 4.30. The van der Waals surface area contributed by atoms with Gasteiger partial charge in [0.25, 0.3) is 0 Å². The third kappa shape index (κ3) is 2.45. The molecular formula is C21H21NOSi. The van der Waals surface area contributed by atoms with Crippen LogP contribution in [0, 0.1) is 6.92 Å². The van der Waals surface area contributed by atoms with Gasteiger partial charge in [0.2, 0.25) is 0 Å². The molecule has 0 bridgehead atoms. The van der Waals surface area contributed by atoms with E-state index in [0.29, 0.717) is 0 Å². The van der Waals surface area contributed by atoms with Crippen molar-refractivity contribution >= 4 is 35.2 Å². The normalized spacial score (nSPS) is 12.2. The molecule has 4 rings (SSSR count). The van der Waals surface area contributed by atoms with Gasteiger partial charge in [-0.15, -0.1) is 0 Å². The maximum atomic E-state index is 6.30. The molecule has 2 nitrogen and oxygen atoms in total. The number of fused-ring (bicyclic) bond motifs is 3. The van der Waals surface area contributed by atoms with Crippen LogP contribution >= 0.6 is 0 Å². The third-order valence-electron chi connectivity index (χ3n) is 4.56. The van der Waals surface area contributed by atoms with Crippen molar-refractivity contribution in [2.75, 3.05) is 0 Å². The van der Waals surface area contributed by atoms with E-state index < -0.39 is 8.07 Å². The van der Waals surface area contributed by atoms with E-state index in [-0.39, 0.29) is 0 Å².